The molecule has 5 nitrogen and oxygen atoms in total. The Bertz CT molecular complexity index is 842. The van der Waals surface area contributed by atoms with Crippen LogP contribution in [0.1, 0.15) is 201 Å². The standard InChI is InChI=1S/C45H80O5/c1-4-7-10-13-16-19-21-23-24-27-29-32-35-38-44(46)49-42-43(50-45(47)39-36-33-30-26-18-15-12-9-6-3)41-48-40-37-34-31-28-25-22-20-17-14-11-8-5-2/h7,10,14,16-17,19,23-24,43H,4-6,8-9,11-13,15,18,20-22,25-42H2,1-3H3/b10-7-,17-14-,19-16-,24-23-. The lowest BCUT2D eigenvalue weighted by Gasteiger charge is -2.18. The van der Waals surface area contributed by atoms with E-state index >= 15 is 0 Å². The van der Waals surface area contributed by atoms with Crippen molar-refractivity contribution in [1.82, 2.24) is 0 Å². The van der Waals surface area contributed by atoms with E-state index < -0.39 is 6.10 Å². The highest BCUT2D eigenvalue weighted by atomic mass is 16.6. The molecule has 0 N–H and O–H groups in total. The minimum Gasteiger partial charge on any atom is -0.462 e. The molecule has 0 aromatic carbocycles. The predicted octanol–water partition coefficient (Wildman–Crippen LogP) is 13.7. The quantitative estimate of drug-likeness (QED) is 0.0364. The Balaban J connectivity index is 4.28. The molecule has 5 heteroatoms. The molecule has 1 unspecified atom stereocenters. The van der Waals surface area contributed by atoms with Crippen molar-refractivity contribution in [3.63, 3.8) is 0 Å². The summed E-state index contributed by atoms with van der Waals surface area (Å²) in [5.41, 5.74) is 0. The number of hydrogen-bond acceptors (Lipinski definition) is 5. The maximum atomic E-state index is 12.6. The van der Waals surface area contributed by atoms with Gasteiger partial charge in [0.15, 0.2) is 6.10 Å². The smallest absolute Gasteiger partial charge is 0.306 e. The second kappa shape index (κ2) is 41.3. The molecule has 0 aromatic heterocycles. The molecule has 0 fully saturated rings. The van der Waals surface area contributed by atoms with E-state index in [-0.39, 0.29) is 25.2 Å². The van der Waals surface area contributed by atoms with Crippen LogP contribution in [0.4, 0.5) is 0 Å². The zero-order valence-electron chi connectivity index (χ0n) is 33.2. The van der Waals surface area contributed by atoms with Gasteiger partial charge in [0.2, 0.25) is 0 Å². The van der Waals surface area contributed by atoms with E-state index in [0.29, 0.717) is 19.4 Å². The lowest BCUT2D eigenvalue weighted by atomic mass is 10.1. The Kier molecular flexibility index (Phi) is 39.5. The molecule has 0 saturated heterocycles. The number of unbranched alkanes of at least 4 members (excludes halogenated alkanes) is 19. The van der Waals surface area contributed by atoms with Gasteiger partial charge in [-0.2, -0.15) is 0 Å². The molecule has 50 heavy (non-hydrogen) atoms. The highest BCUT2D eigenvalue weighted by Crippen LogP contribution is 2.13. The number of hydrogen-bond donors (Lipinski definition) is 0. The van der Waals surface area contributed by atoms with Gasteiger partial charge in [-0.3, -0.25) is 9.59 Å². The lowest BCUT2D eigenvalue weighted by Crippen LogP contribution is -2.30. The van der Waals surface area contributed by atoms with Crippen LogP contribution in [0.5, 0.6) is 0 Å². The number of ether oxygens (including phenoxy) is 3. The zero-order valence-corrected chi connectivity index (χ0v) is 33.2. The fourth-order valence-corrected chi connectivity index (χ4v) is 5.68. The van der Waals surface area contributed by atoms with E-state index in [1.54, 1.807) is 0 Å². The minimum absolute atomic E-state index is 0.0692. The SMILES string of the molecule is CC/C=C\C/C=C\C/C=C\CCCCCC(=O)OCC(COCCCCCCCC/C=C\CCCC)OC(=O)CCCCCCCCCCC. The van der Waals surface area contributed by atoms with Crippen molar-refractivity contribution in [1.29, 1.82) is 0 Å². The summed E-state index contributed by atoms with van der Waals surface area (Å²) >= 11 is 0. The molecule has 0 heterocycles. The van der Waals surface area contributed by atoms with Crippen molar-refractivity contribution in [2.24, 2.45) is 0 Å². The van der Waals surface area contributed by atoms with Crippen LogP contribution in [0, 0.1) is 0 Å². The van der Waals surface area contributed by atoms with Gasteiger partial charge in [-0.25, -0.2) is 0 Å². The maximum Gasteiger partial charge on any atom is 0.306 e. The highest BCUT2D eigenvalue weighted by Gasteiger charge is 2.17. The van der Waals surface area contributed by atoms with Crippen LogP contribution < -0.4 is 0 Å². The largest absolute Gasteiger partial charge is 0.462 e. The average molecular weight is 701 g/mol. The first-order valence-electron chi connectivity index (χ1n) is 21.2. The van der Waals surface area contributed by atoms with Crippen LogP contribution in [0.15, 0.2) is 48.6 Å². The van der Waals surface area contributed by atoms with Gasteiger partial charge in [0.05, 0.1) is 6.61 Å². The summed E-state index contributed by atoms with van der Waals surface area (Å²) in [6.45, 7) is 7.62. The first-order chi connectivity index (χ1) is 24.6. The Morgan fingerprint density at radius 1 is 0.460 bits per heavy atom. The van der Waals surface area contributed by atoms with Gasteiger partial charge in [-0.05, 0) is 70.6 Å². The maximum absolute atomic E-state index is 12.6. The summed E-state index contributed by atoms with van der Waals surface area (Å²) < 4.78 is 17.2. The fourth-order valence-electron chi connectivity index (χ4n) is 5.68. The molecule has 0 spiro atoms. The van der Waals surface area contributed by atoms with Gasteiger partial charge in [-0.1, -0.05) is 166 Å². The summed E-state index contributed by atoms with van der Waals surface area (Å²) in [4.78, 5) is 25.1. The van der Waals surface area contributed by atoms with E-state index in [0.717, 1.165) is 70.6 Å². The van der Waals surface area contributed by atoms with Gasteiger partial charge in [-0.15, -0.1) is 0 Å². The molecule has 0 radical (unpaired) electrons. The van der Waals surface area contributed by atoms with Crippen LogP contribution in [0.2, 0.25) is 0 Å². The van der Waals surface area contributed by atoms with Crippen molar-refractivity contribution < 1.29 is 23.8 Å². The normalized spacial score (nSPS) is 12.6. The van der Waals surface area contributed by atoms with E-state index in [9.17, 15) is 9.59 Å². The first kappa shape index (κ1) is 47.9. The van der Waals surface area contributed by atoms with E-state index in [1.807, 2.05) is 0 Å². The number of esters is 2. The van der Waals surface area contributed by atoms with Crippen LogP contribution in [-0.4, -0.2) is 37.9 Å². The topological polar surface area (TPSA) is 61.8 Å². The summed E-state index contributed by atoms with van der Waals surface area (Å²) in [7, 11) is 0. The molecular formula is C45H80O5. The minimum atomic E-state index is -0.544. The third-order valence-electron chi connectivity index (χ3n) is 8.85. The van der Waals surface area contributed by atoms with Gasteiger partial charge < -0.3 is 14.2 Å². The third-order valence-corrected chi connectivity index (χ3v) is 8.85. The molecular weight excluding hydrogens is 620 g/mol. The molecule has 0 amide bonds. The molecule has 0 saturated carbocycles. The summed E-state index contributed by atoms with van der Waals surface area (Å²) in [6, 6.07) is 0. The van der Waals surface area contributed by atoms with E-state index in [2.05, 4.69) is 69.4 Å². The predicted molar refractivity (Wildman–Crippen MR) is 215 cm³/mol. The second-order valence-corrected chi connectivity index (χ2v) is 13.9. The molecule has 290 valence electrons. The molecule has 0 aliphatic carbocycles. The van der Waals surface area contributed by atoms with Gasteiger partial charge >= 0.3 is 11.9 Å². The van der Waals surface area contributed by atoms with Crippen molar-refractivity contribution in [2.45, 2.75) is 207 Å². The highest BCUT2D eigenvalue weighted by molar-refractivity contribution is 5.70. The number of rotatable bonds is 38. The molecule has 0 bridgehead atoms. The Morgan fingerprint density at radius 3 is 1.54 bits per heavy atom. The number of carbonyl (C=O) groups excluding carboxylic acids is 2. The monoisotopic (exact) mass is 701 g/mol. The van der Waals surface area contributed by atoms with Gasteiger partial charge in [0.1, 0.15) is 6.61 Å². The second-order valence-electron chi connectivity index (χ2n) is 13.9. The molecule has 0 rings (SSSR count). The average Bonchev–Trinajstić information content (AvgIpc) is 3.11. The van der Waals surface area contributed by atoms with Gasteiger partial charge in [0.25, 0.3) is 0 Å². The molecule has 0 aliphatic rings. The van der Waals surface area contributed by atoms with Crippen LogP contribution in [0.25, 0.3) is 0 Å². The zero-order chi connectivity index (χ0) is 36.4. The van der Waals surface area contributed by atoms with Crippen molar-refractivity contribution in [3.8, 4) is 0 Å². The van der Waals surface area contributed by atoms with Crippen molar-refractivity contribution >= 4 is 11.9 Å². The van der Waals surface area contributed by atoms with Crippen molar-refractivity contribution in [3.05, 3.63) is 48.6 Å². The number of allylic oxidation sites excluding steroid dienone is 8. The Labute approximate surface area is 310 Å². The Morgan fingerprint density at radius 2 is 0.920 bits per heavy atom. The Hall–Kier alpha value is -2.14. The molecule has 1 atom stereocenters. The summed E-state index contributed by atoms with van der Waals surface area (Å²) in [5, 5.41) is 0. The third kappa shape index (κ3) is 38.7. The first-order valence-corrected chi connectivity index (χ1v) is 21.2. The molecule has 0 aliphatic heterocycles. The van der Waals surface area contributed by atoms with Crippen LogP contribution in [-0.2, 0) is 23.8 Å². The van der Waals surface area contributed by atoms with E-state index in [1.165, 1.54) is 96.3 Å². The van der Waals surface area contributed by atoms with Crippen LogP contribution >= 0.6 is 0 Å². The van der Waals surface area contributed by atoms with Gasteiger partial charge in [0, 0.05) is 19.4 Å². The van der Waals surface area contributed by atoms with Crippen LogP contribution in [0.3, 0.4) is 0 Å². The fraction of sp³-hybridized carbons (Fsp3) is 0.778. The summed E-state index contributed by atoms with van der Waals surface area (Å²) in [5.74, 6) is -0.436. The number of carbonyl (C=O) groups is 2. The van der Waals surface area contributed by atoms with Crippen molar-refractivity contribution in [2.75, 3.05) is 19.8 Å². The lowest BCUT2D eigenvalue weighted by molar-refractivity contribution is -0.163. The van der Waals surface area contributed by atoms with E-state index in [4.69, 9.17) is 14.2 Å². The summed E-state index contributed by atoms with van der Waals surface area (Å²) in [6.07, 6.45) is 48.2. The molecule has 0 aromatic rings.